The van der Waals surface area contributed by atoms with E-state index < -0.39 is 12.1 Å². The maximum absolute atomic E-state index is 12.2. The number of nitrogens with zero attached hydrogens (tertiary/aromatic N) is 1. The van der Waals surface area contributed by atoms with Gasteiger partial charge < -0.3 is 20.5 Å². The second-order valence-electron chi connectivity index (χ2n) is 4.75. The Morgan fingerprint density at radius 2 is 2.25 bits per heavy atom. The van der Waals surface area contributed by atoms with Crippen molar-refractivity contribution in [2.24, 2.45) is 5.73 Å². The Morgan fingerprint density at radius 3 is 2.90 bits per heavy atom. The van der Waals surface area contributed by atoms with Gasteiger partial charge in [0.25, 0.3) is 5.91 Å². The molecule has 0 bridgehead atoms. The number of amides is 1. The van der Waals surface area contributed by atoms with Crippen molar-refractivity contribution in [1.29, 1.82) is 0 Å². The molecule has 0 saturated heterocycles. The van der Waals surface area contributed by atoms with Gasteiger partial charge in [-0.1, -0.05) is 6.07 Å². The van der Waals surface area contributed by atoms with E-state index in [4.69, 9.17) is 15.6 Å². The molecule has 1 aromatic rings. The number of fused-ring (bicyclic) bond motifs is 1. The van der Waals surface area contributed by atoms with Crippen LogP contribution in [0, 0.1) is 0 Å². The third-order valence-corrected chi connectivity index (χ3v) is 3.24. The minimum Gasteiger partial charge on any atom is -0.481 e. The summed E-state index contributed by atoms with van der Waals surface area (Å²) < 4.78 is 5.55. The van der Waals surface area contributed by atoms with E-state index >= 15 is 0 Å². The van der Waals surface area contributed by atoms with Crippen molar-refractivity contribution in [3.8, 4) is 5.75 Å². The summed E-state index contributed by atoms with van der Waals surface area (Å²) >= 11 is 0. The molecular weight excluding hydrogens is 260 g/mol. The highest BCUT2D eigenvalue weighted by atomic mass is 16.5. The molecule has 0 radical (unpaired) electrons. The van der Waals surface area contributed by atoms with Crippen molar-refractivity contribution in [2.75, 3.05) is 11.4 Å². The molecule has 1 aliphatic heterocycles. The van der Waals surface area contributed by atoms with Gasteiger partial charge in [-0.2, -0.15) is 0 Å². The third-order valence-electron chi connectivity index (χ3n) is 3.24. The van der Waals surface area contributed by atoms with E-state index in [0.29, 0.717) is 30.9 Å². The van der Waals surface area contributed by atoms with Crippen LogP contribution in [0.1, 0.15) is 25.3 Å². The predicted molar refractivity (Wildman–Crippen MR) is 73.6 cm³/mol. The Labute approximate surface area is 117 Å². The lowest BCUT2D eigenvalue weighted by molar-refractivity contribution is -0.137. The number of carbonyl (C=O) groups excluding carboxylic acids is 1. The van der Waals surface area contributed by atoms with Crippen molar-refractivity contribution in [3.63, 3.8) is 0 Å². The molecule has 1 amide bonds. The summed E-state index contributed by atoms with van der Waals surface area (Å²) in [6.45, 7) is 2.42. The Kier molecular flexibility index (Phi) is 4.24. The molecule has 2 rings (SSSR count). The maximum Gasteiger partial charge on any atom is 0.303 e. The van der Waals surface area contributed by atoms with E-state index in [0.717, 1.165) is 5.56 Å². The predicted octanol–water partition coefficient (Wildman–Crippen LogP) is 1.12. The molecule has 6 heteroatoms. The lowest BCUT2D eigenvalue weighted by Gasteiger charge is -2.33. The number of carbonyl (C=O) groups is 2. The number of nitrogens with two attached hydrogens (primary N) is 1. The molecule has 0 fully saturated rings. The fourth-order valence-corrected chi connectivity index (χ4v) is 2.20. The van der Waals surface area contributed by atoms with Crippen LogP contribution >= 0.6 is 0 Å². The topological polar surface area (TPSA) is 92.9 Å². The zero-order valence-electron chi connectivity index (χ0n) is 11.3. The lowest BCUT2D eigenvalue weighted by Crippen LogP contribution is -2.45. The van der Waals surface area contributed by atoms with Crippen LogP contribution in [0.4, 0.5) is 5.69 Å². The second kappa shape index (κ2) is 5.92. The highest BCUT2D eigenvalue weighted by molar-refractivity contribution is 5.99. The molecule has 1 unspecified atom stereocenters. The fraction of sp³-hybridized carbons (Fsp3) is 0.429. The van der Waals surface area contributed by atoms with Crippen molar-refractivity contribution in [3.05, 3.63) is 23.8 Å². The van der Waals surface area contributed by atoms with Gasteiger partial charge in [0, 0.05) is 19.5 Å². The van der Waals surface area contributed by atoms with Gasteiger partial charge >= 0.3 is 5.97 Å². The van der Waals surface area contributed by atoms with E-state index in [9.17, 15) is 9.59 Å². The molecule has 1 aromatic carbocycles. The Hall–Kier alpha value is -2.08. The van der Waals surface area contributed by atoms with E-state index in [2.05, 4.69) is 0 Å². The molecule has 20 heavy (non-hydrogen) atoms. The lowest BCUT2D eigenvalue weighted by atomic mass is 10.1. The summed E-state index contributed by atoms with van der Waals surface area (Å²) in [7, 11) is 0. The van der Waals surface area contributed by atoms with Crippen LogP contribution in [-0.4, -0.2) is 29.6 Å². The molecule has 1 aliphatic rings. The first-order valence-corrected chi connectivity index (χ1v) is 6.55. The average molecular weight is 278 g/mol. The fourth-order valence-electron chi connectivity index (χ4n) is 2.20. The van der Waals surface area contributed by atoms with Crippen LogP contribution < -0.4 is 15.4 Å². The van der Waals surface area contributed by atoms with Gasteiger partial charge in [-0.05, 0) is 31.0 Å². The highest BCUT2D eigenvalue weighted by Gasteiger charge is 2.31. The molecule has 1 atom stereocenters. The average Bonchev–Trinajstić information content (AvgIpc) is 2.42. The summed E-state index contributed by atoms with van der Waals surface area (Å²) in [6.07, 6.45) is -0.124. The number of anilines is 1. The summed E-state index contributed by atoms with van der Waals surface area (Å²) in [6, 6.07) is 5.47. The number of ether oxygens (including phenoxy) is 1. The molecule has 0 spiro atoms. The zero-order chi connectivity index (χ0) is 14.7. The summed E-state index contributed by atoms with van der Waals surface area (Å²) in [5, 5.41) is 8.69. The number of carboxylic acid groups (broad SMARTS) is 1. The van der Waals surface area contributed by atoms with E-state index in [-0.39, 0.29) is 12.3 Å². The van der Waals surface area contributed by atoms with E-state index in [1.54, 1.807) is 17.9 Å². The van der Waals surface area contributed by atoms with Crippen LogP contribution in [0.25, 0.3) is 0 Å². The van der Waals surface area contributed by atoms with Crippen molar-refractivity contribution in [2.45, 2.75) is 32.4 Å². The quantitative estimate of drug-likeness (QED) is 0.842. The third kappa shape index (κ3) is 2.91. The van der Waals surface area contributed by atoms with E-state index in [1.807, 2.05) is 12.1 Å². The van der Waals surface area contributed by atoms with Crippen molar-refractivity contribution < 1.29 is 19.4 Å². The minimum atomic E-state index is -0.866. The zero-order valence-corrected chi connectivity index (χ0v) is 11.3. The first kappa shape index (κ1) is 14.3. The van der Waals surface area contributed by atoms with Crippen molar-refractivity contribution >= 4 is 17.6 Å². The molecule has 0 saturated carbocycles. The monoisotopic (exact) mass is 278 g/mol. The number of hydrogen-bond acceptors (Lipinski definition) is 4. The molecule has 3 N–H and O–H groups in total. The maximum atomic E-state index is 12.2. The number of benzene rings is 1. The molecule has 0 aromatic heterocycles. The van der Waals surface area contributed by atoms with Gasteiger partial charge in [0.05, 0.1) is 5.69 Å². The highest BCUT2D eigenvalue weighted by Crippen LogP contribution is 2.35. The molecule has 0 aliphatic carbocycles. The second-order valence-corrected chi connectivity index (χ2v) is 4.75. The summed E-state index contributed by atoms with van der Waals surface area (Å²) in [4.78, 5) is 24.4. The standard InChI is InChI=1S/C14H18N2O4/c1-9-14(19)16(6-2-3-13(17)18)11-7-10(8-15)4-5-12(11)20-9/h4-5,7,9H,2-3,6,8,15H2,1H3,(H,17,18). The number of aliphatic carboxylic acids is 1. The Balaban J connectivity index is 2.25. The van der Waals surface area contributed by atoms with Gasteiger partial charge in [-0.3, -0.25) is 9.59 Å². The number of carboxylic acids is 1. The number of rotatable bonds is 5. The van der Waals surface area contributed by atoms with Gasteiger partial charge in [-0.15, -0.1) is 0 Å². The molecule has 6 nitrogen and oxygen atoms in total. The van der Waals surface area contributed by atoms with Crippen LogP contribution in [0.15, 0.2) is 18.2 Å². The SMILES string of the molecule is CC1Oc2ccc(CN)cc2N(CCCC(=O)O)C1=O. The molecular formula is C14H18N2O4. The first-order chi connectivity index (χ1) is 9.52. The number of hydrogen-bond donors (Lipinski definition) is 2. The van der Waals surface area contributed by atoms with Crippen LogP contribution in [0.3, 0.4) is 0 Å². The van der Waals surface area contributed by atoms with Gasteiger partial charge in [0.2, 0.25) is 0 Å². The van der Waals surface area contributed by atoms with Gasteiger partial charge in [0.1, 0.15) is 5.75 Å². The summed E-state index contributed by atoms with van der Waals surface area (Å²) in [5.74, 6) is -0.392. The normalized spacial score (nSPS) is 17.6. The van der Waals surface area contributed by atoms with Crippen molar-refractivity contribution in [1.82, 2.24) is 0 Å². The first-order valence-electron chi connectivity index (χ1n) is 6.55. The van der Waals surface area contributed by atoms with E-state index in [1.165, 1.54) is 0 Å². The van der Waals surface area contributed by atoms with Gasteiger partial charge in [-0.25, -0.2) is 0 Å². The Bertz CT molecular complexity index is 530. The van der Waals surface area contributed by atoms with Crippen LogP contribution in [0.5, 0.6) is 5.75 Å². The van der Waals surface area contributed by atoms with Gasteiger partial charge in [0.15, 0.2) is 6.10 Å². The van der Waals surface area contributed by atoms with Crippen LogP contribution in [-0.2, 0) is 16.1 Å². The molecule has 108 valence electrons. The Morgan fingerprint density at radius 1 is 1.50 bits per heavy atom. The smallest absolute Gasteiger partial charge is 0.303 e. The largest absolute Gasteiger partial charge is 0.481 e. The summed E-state index contributed by atoms with van der Waals surface area (Å²) in [5.41, 5.74) is 7.18. The minimum absolute atomic E-state index is 0.0327. The van der Waals surface area contributed by atoms with Crippen LogP contribution in [0.2, 0.25) is 0 Å². The molecule has 1 heterocycles.